The van der Waals surface area contributed by atoms with Gasteiger partial charge in [-0.25, -0.2) is 0 Å². The van der Waals surface area contributed by atoms with Crippen molar-refractivity contribution in [2.24, 2.45) is 5.92 Å². The van der Waals surface area contributed by atoms with Crippen LogP contribution in [0.3, 0.4) is 0 Å². The summed E-state index contributed by atoms with van der Waals surface area (Å²) in [5.41, 5.74) is 0. The fourth-order valence-electron chi connectivity index (χ4n) is 2.68. The third kappa shape index (κ3) is 2.95. The second kappa shape index (κ2) is 5.15. The van der Waals surface area contributed by atoms with E-state index in [1.807, 2.05) is 4.90 Å². The topological polar surface area (TPSA) is 43.8 Å². The summed E-state index contributed by atoms with van der Waals surface area (Å²) in [5, 5.41) is 8.76. The van der Waals surface area contributed by atoms with Crippen LogP contribution in [-0.2, 0) is 4.79 Å². The molecule has 0 aromatic heterocycles. The highest BCUT2D eigenvalue weighted by Gasteiger charge is 2.28. The molecule has 0 amide bonds. The fourth-order valence-corrected chi connectivity index (χ4v) is 2.68. The van der Waals surface area contributed by atoms with E-state index in [9.17, 15) is 4.79 Å². The van der Waals surface area contributed by atoms with Crippen molar-refractivity contribution in [3.05, 3.63) is 0 Å². The van der Waals surface area contributed by atoms with E-state index in [1.165, 1.54) is 25.8 Å². The lowest BCUT2D eigenvalue weighted by Gasteiger charge is -2.42. The molecule has 1 N–H and O–H groups in total. The number of hydrogen-bond donors (Lipinski definition) is 1. The van der Waals surface area contributed by atoms with Gasteiger partial charge in [0.1, 0.15) is 0 Å². The molecule has 2 rings (SSSR count). The van der Waals surface area contributed by atoms with Gasteiger partial charge < -0.3 is 5.11 Å². The van der Waals surface area contributed by atoms with Crippen LogP contribution in [0.5, 0.6) is 0 Å². The van der Waals surface area contributed by atoms with Gasteiger partial charge in [0.25, 0.3) is 0 Å². The zero-order valence-corrected chi connectivity index (χ0v) is 10.1. The monoisotopic (exact) mass is 226 g/mol. The Bertz CT molecular complexity index is 253. The van der Waals surface area contributed by atoms with E-state index >= 15 is 0 Å². The van der Waals surface area contributed by atoms with Crippen LogP contribution in [0.1, 0.15) is 26.2 Å². The molecule has 2 fully saturated rings. The molecule has 0 radical (unpaired) electrons. The third-order valence-corrected chi connectivity index (χ3v) is 3.93. The predicted octanol–water partition coefficient (Wildman–Crippen LogP) is 0.877. The number of carboxylic acids is 1. The number of hydrogen-bond acceptors (Lipinski definition) is 3. The highest BCUT2D eigenvalue weighted by molar-refractivity contribution is 5.69. The highest BCUT2D eigenvalue weighted by Crippen LogP contribution is 2.28. The lowest BCUT2D eigenvalue weighted by molar-refractivity contribution is -0.139. The smallest absolute Gasteiger partial charge is 0.317 e. The maximum atomic E-state index is 10.6. The first-order valence-electron chi connectivity index (χ1n) is 6.33. The summed E-state index contributed by atoms with van der Waals surface area (Å²) in [7, 11) is 0. The van der Waals surface area contributed by atoms with Crippen LogP contribution < -0.4 is 0 Å². The minimum atomic E-state index is -0.709. The maximum absolute atomic E-state index is 10.6. The molecule has 4 nitrogen and oxygen atoms in total. The van der Waals surface area contributed by atoms with Gasteiger partial charge in [-0.3, -0.25) is 14.6 Å². The second-order valence-electron chi connectivity index (χ2n) is 5.27. The Kier molecular flexibility index (Phi) is 3.82. The lowest BCUT2D eigenvalue weighted by Crippen LogP contribution is -2.54. The third-order valence-electron chi connectivity index (χ3n) is 3.93. The molecular formula is C12H22N2O2. The van der Waals surface area contributed by atoms with Crippen LogP contribution in [-0.4, -0.2) is 59.6 Å². The van der Waals surface area contributed by atoms with E-state index in [4.69, 9.17) is 5.11 Å². The molecule has 0 bridgehead atoms. The first kappa shape index (κ1) is 11.9. The van der Waals surface area contributed by atoms with E-state index in [0.717, 1.165) is 25.6 Å². The summed E-state index contributed by atoms with van der Waals surface area (Å²) in [6.07, 6.45) is 4.18. The normalized spacial score (nSPS) is 28.9. The van der Waals surface area contributed by atoms with Gasteiger partial charge in [-0.15, -0.1) is 0 Å². The average molecular weight is 226 g/mol. The molecular weight excluding hydrogens is 204 g/mol. The summed E-state index contributed by atoms with van der Waals surface area (Å²) in [4.78, 5) is 15.2. The molecule has 1 saturated heterocycles. The highest BCUT2D eigenvalue weighted by atomic mass is 16.4. The second-order valence-corrected chi connectivity index (χ2v) is 5.27. The average Bonchev–Trinajstić information content (AvgIpc) is 2.12. The van der Waals surface area contributed by atoms with Crippen molar-refractivity contribution in [1.82, 2.24) is 9.80 Å². The fraction of sp³-hybridized carbons (Fsp3) is 0.917. The van der Waals surface area contributed by atoms with Crippen molar-refractivity contribution in [3.8, 4) is 0 Å². The minimum Gasteiger partial charge on any atom is -0.480 e. The zero-order valence-electron chi connectivity index (χ0n) is 10.1. The number of nitrogens with zero attached hydrogens (tertiary/aromatic N) is 2. The van der Waals surface area contributed by atoms with E-state index in [0.29, 0.717) is 6.04 Å². The van der Waals surface area contributed by atoms with E-state index in [2.05, 4.69) is 11.8 Å². The number of piperazine rings is 1. The Morgan fingerprint density at radius 1 is 1.38 bits per heavy atom. The Labute approximate surface area is 97.2 Å². The van der Waals surface area contributed by atoms with Crippen LogP contribution in [0.2, 0.25) is 0 Å². The molecule has 92 valence electrons. The first-order valence-corrected chi connectivity index (χ1v) is 6.33. The van der Waals surface area contributed by atoms with Crippen LogP contribution in [0, 0.1) is 5.92 Å². The largest absolute Gasteiger partial charge is 0.480 e. The molecule has 1 heterocycles. The maximum Gasteiger partial charge on any atom is 0.317 e. The van der Waals surface area contributed by atoms with Gasteiger partial charge in [0.05, 0.1) is 6.54 Å². The minimum absolute atomic E-state index is 0.196. The van der Waals surface area contributed by atoms with Crippen LogP contribution in [0.25, 0.3) is 0 Å². The Morgan fingerprint density at radius 3 is 2.62 bits per heavy atom. The van der Waals surface area contributed by atoms with Crippen molar-refractivity contribution >= 4 is 5.97 Å². The Hall–Kier alpha value is -0.610. The van der Waals surface area contributed by atoms with Crippen molar-refractivity contribution in [2.45, 2.75) is 32.2 Å². The standard InChI is InChI=1S/C12H22N2O2/c1-10-7-13(9-12(15)16)5-6-14(10)8-11-3-2-4-11/h10-11H,2-9H2,1H3,(H,15,16)/t10-/m1/s1. The van der Waals surface area contributed by atoms with E-state index < -0.39 is 5.97 Å². The van der Waals surface area contributed by atoms with Gasteiger partial charge in [-0.2, -0.15) is 0 Å². The number of rotatable bonds is 4. The van der Waals surface area contributed by atoms with Crippen molar-refractivity contribution in [1.29, 1.82) is 0 Å². The molecule has 0 spiro atoms. The summed E-state index contributed by atoms with van der Waals surface area (Å²) in [6, 6.07) is 0.508. The number of carbonyl (C=O) groups is 1. The molecule has 16 heavy (non-hydrogen) atoms. The first-order chi connectivity index (χ1) is 7.65. The summed E-state index contributed by atoms with van der Waals surface area (Å²) < 4.78 is 0. The van der Waals surface area contributed by atoms with Gasteiger partial charge in [-0.1, -0.05) is 6.42 Å². The number of carboxylic acid groups (broad SMARTS) is 1. The van der Waals surface area contributed by atoms with Crippen molar-refractivity contribution in [3.63, 3.8) is 0 Å². The van der Waals surface area contributed by atoms with Gasteiger partial charge >= 0.3 is 5.97 Å². The molecule has 0 aromatic rings. The molecule has 0 unspecified atom stereocenters. The molecule has 1 saturated carbocycles. The molecule has 0 aromatic carbocycles. The molecule has 1 aliphatic carbocycles. The van der Waals surface area contributed by atoms with Crippen molar-refractivity contribution in [2.75, 3.05) is 32.7 Å². The SMILES string of the molecule is C[C@@H]1CN(CC(=O)O)CCN1CC1CCC1. The molecule has 4 heteroatoms. The predicted molar refractivity (Wildman–Crippen MR) is 62.5 cm³/mol. The van der Waals surface area contributed by atoms with Gasteiger partial charge in [0, 0.05) is 32.2 Å². The van der Waals surface area contributed by atoms with Crippen LogP contribution in [0.15, 0.2) is 0 Å². The summed E-state index contributed by atoms with van der Waals surface area (Å²) >= 11 is 0. The van der Waals surface area contributed by atoms with E-state index in [-0.39, 0.29) is 6.54 Å². The Morgan fingerprint density at radius 2 is 2.12 bits per heavy atom. The number of aliphatic carboxylic acids is 1. The van der Waals surface area contributed by atoms with Gasteiger partial charge in [0.2, 0.25) is 0 Å². The van der Waals surface area contributed by atoms with E-state index in [1.54, 1.807) is 0 Å². The van der Waals surface area contributed by atoms with Crippen LogP contribution in [0.4, 0.5) is 0 Å². The Balaban J connectivity index is 1.75. The summed E-state index contributed by atoms with van der Waals surface area (Å²) in [6.45, 7) is 6.48. The van der Waals surface area contributed by atoms with Crippen molar-refractivity contribution < 1.29 is 9.90 Å². The molecule has 1 aliphatic heterocycles. The lowest BCUT2D eigenvalue weighted by atomic mass is 9.84. The molecule has 2 aliphatic rings. The van der Waals surface area contributed by atoms with Gasteiger partial charge in [-0.05, 0) is 25.7 Å². The summed E-state index contributed by atoms with van der Waals surface area (Å²) in [5.74, 6) is 0.202. The quantitative estimate of drug-likeness (QED) is 0.773. The molecule has 1 atom stereocenters. The van der Waals surface area contributed by atoms with Gasteiger partial charge in [0.15, 0.2) is 0 Å². The van der Waals surface area contributed by atoms with Crippen LogP contribution >= 0.6 is 0 Å². The zero-order chi connectivity index (χ0) is 11.5.